The number of rotatable bonds is 3. The van der Waals surface area contributed by atoms with Crippen molar-refractivity contribution in [2.24, 2.45) is 0 Å². The summed E-state index contributed by atoms with van der Waals surface area (Å²) in [7, 11) is -0.872. The molecule has 1 unspecified atom stereocenters. The molecule has 0 N–H and O–H groups in total. The van der Waals surface area contributed by atoms with E-state index in [1.54, 1.807) is 16.3 Å². The third-order valence-electron chi connectivity index (χ3n) is 6.85. The van der Waals surface area contributed by atoms with E-state index in [1.807, 2.05) is 0 Å². The Labute approximate surface area is 169 Å². The second-order valence-corrected chi connectivity index (χ2v) is 23.9. The molecule has 3 aliphatic rings. The van der Waals surface area contributed by atoms with E-state index in [4.69, 9.17) is 0 Å². The van der Waals surface area contributed by atoms with Crippen LogP contribution in [0.2, 0.25) is 34.6 Å². The molecule has 0 saturated carbocycles. The van der Waals surface area contributed by atoms with Gasteiger partial charge < -0.3 is 0 Å². The first-order valence-electron chi connectivity index (χ1n) is 10.3. The summed E-state index contributed by atoms with van der Waals surface area (Å²) < 4.78 is 0.170. The summed E-state index contributed by atoms with van der Waals surface area (Å²) >= 11 is -2.21. The summed E-state index contributed by atoms with van der Waals surface area (Å²) in [5.41, 5.74) is 9.25. The molecule has 0 aliphatic heterocycles. The predicted molar refractivity (Wildman–Crippen MR) is 126 cm³/mol. The quantitative estimate of drug-likeness (QED) is 0.449. The van der Waals surface area contributed by atoms with Crippen LogP contribution >= 0.6 is 0 Å². The van der Waals surface area contributed by atoms with E-state index < -0.39 is 22.1 Å². The molecular formula is C25H32GeSi. The molecule has 0 aromatic heterocycles. The fourth-order valence-corrected chi connectivity index (χ4v) is 13.7. The maximum absolute atomic E-state index is 2.61. The molecule has 27 heavy (non-hydrogen) atoms. The van der Waals surface area contributed by atoms with Gasteiger partial charge in [0.1, 0.15) is 0 Å². The van der Waals surface area contributed by atoms with Crippen LogP contribution in [0.1, 0.15) is 30.9 Å². The van der Waals surface area contributed by atoms with Gasteiger partial charge in [-0.05, 0) is 0 Å². The molecule has 0 saturated heterocycles. The van der Waals surface area contributed by atoms with E-state index in [-0.39, 0.29) is 4.25 Å². The normalized spacial score (nSPS) is 26.8. The Morgan fingerprint density at radius 1 is 1.00 bits per heavy atom. The van der Waals surface area contributed by atoms with Crippen LogP contribution in [0.15, 0.2) is 76.1 Å². The minimum absolute atomic E-state index is 0.170. The molecule has 1 aromatic rings. The van der Waals surface area contributed by atoms with E-state index in [1.165, 1.54) is 22.3 Å². The first kappa shape index (κ1) is 19.0. The van der Waals surface area contributed by atoms with Crippen LogP contribution in [0.3, 0.4) is 0 Å². The van der Waals surface area contributed by atoms with Crippen molar-refractivity contribution in [3.63, 3.8) is 0 Å². The molecule has 0 amide bonds. The van der Waals surface area contributed by atoms with E-state index in [2.05, 4.69) is 98.9 Å². The van der Waals surface area contributed by atoms with E-state index in [0.717, 1.165) is 0 Å². The van der Waals surface area contributed by atoms with Gasteiger partial charge in [0.2, 0.25) is 0 Å². The fraction of sp³-hybridized carbons (Fsp3) is 0.360. The van der Waals surface area contributed by atoms with Crippen molar-refractivity contribution in [3.8, 4) is 0 Å². The number of benzene rings is 1. The van der Waals surface area contributed by atoms with Crippen molar-refractivity contribution in [1.82, 2.24) is 0 Å². The molecule has 0 radical (unpaired) electrons. The van der Waals surface area contributed by atoms with Crippen LogP contribution in [0, 0.1) is 0 Å². The van der Waals surface area contributed by atoms with Gasteiger partial charge in [0, 0.05) is 0 Å². The Morgan fingerprint density at radius 3 is 2.37 bits per heavy atom. The molecule has 0 heterocycles. The third kappa shape index (κ3) is 2.61. The van der Waals surface area contributed by atoms with Gasteiger partial charge in [-0.1, -0.05) is 0 Å². The van der Waals surface area contributed by atoms with Gasteiger partial charge in [-0.3, -0.25) is 0 Å². The van der Waals surface area contributed by atoms with Gasteiger partial charge >= 0.3 is 170 Å². The number of allylic oxidation sites excluding steroid dienone is 9. The number of fused-ring (bicyclic) bond motifs is 2. The summed E-state index contributed by atoms with van der Waals surface area (Å²) in [6.45, 7) is 9.66. The van der Waals surface area contributed by atoms with Crippen LogP contribution in [0.4, 0.5) is 0 Å². The minimum atomic E-state index is -2.21. The first-order chi connectivity index (χ1) is 12.7. The summed E-state index contributed by atoms with van der Waals surface area (Å²) in [6, 6.07) is 9.08. The van der Waals surface area contributed by atoms with Gasteiger partial charge in [-0.15, -0.1) is 0 Å². The van der Waals surface area contributed by atoms with Gasteiger partial charge in [0.05, 0.1) is 0 Å². The van der Waals surface area contributed by atoms with Crippen LogP contribution in [-0.2, 0) is 0 Å². The zero-order valence-corrected chi connectivity index (χ0v) is 21.1. The average molecular weight is 433 g/mol. The van der Waals surface area contributed by atoms with Gasteiger partial charge in [-0.2, -0.15) is 0 Å². The molecule has 0 nitrogen and oxygen atoms in total. The third-order valence-corrected chi connectivity index (χ3v) is 15.5. The second kappa shape index (κ2) is 6.35. The first-order valence-corrected chi connectivity index (χ1v) is 20.5. The second-order valence-electron chi connectivity index (χ2n) is 9.82. The Bertz CT molecular complexity index is 962. The molecule has 0 spiro atoms. The summed E-state index contributed by atoms with van der Waals surface area (Å²) in [6.07, 6.45) is 12.4. The summed E-state index contributed by atoms with van der Waals surface area (Å²) in [5.74, 6) is 8.33. The van der Waals surface area contributed by atoms with Crippen molar-refractivity contribution in [3.05, 3.63) is 87.2 Å². The predicted octanol–water partition coefficient (Wildman–Crippen LogP) is 7.04. The summed E-state index contributed by atoms with van der Waals surface area (Å²) in [4.78, 5) is 0. The van der Waals surface area contributed by atoms with Crippen molar-refractivity contribution >= 4 is 28.1 Å². The Hall–Kier alpha value is -1.32. The van der Waals surface area contributed by atoms with Crippen molar-refractivity contribution in [2.45, 2.75) is 54.4 Å². The molecular weight excluding hydrogens is 401 g/mol. The zero-order valence-electron chi connectivity index (χ0n) is 17.9. The fourth-order valence-electron chi connectivity index (χ4n) is 5.83. The Kier molecular flexibility index (Phi) is 4.47. The van der Waals surface area contributed by atoms with Crippen LogP contribution in [-0.4, -0.2) is 22.1 Å². The van der Waals surface area contributed by atoms with Crippen molar-refractivity contribution < 1.29 is 0 Å². The number of hydrogen-bond donors (Lipinski definition) is 0. The van der Waals surface area contributed by atoms with E-state index >= 15 is 0 Å². The number of hydrogen-bond acceptors (Lipinski definition) is 0. The molecule has 140 valence electrons. The molecule has 1 aromatic carbocycles. The summed E-state index contributed by atoms with van der Waals surface area (Å²) in [5, 5.41) is 1.69. The van der Waals surface area contributed by atoms with E-state index in [0.29, 0.717) is 5.92 Å². The Morgan fingerprint density at radius 2 is 1.70 bits per heavy atom. The van der Waals surface area contributed by atoms with Gasteiger partial charge in [0.25, 0.3) is 0 Å². The molecule has 3 aliphatic carbocycles. The SMILES string of the molecule is CC1=Cc2ccccc2[C@@H]1[C]1([Ge]([CH3])([CH3])[CH3])C=CC=C2C1=CC(C)=C2[SiH](C)C. The molecule has 0 fully saturated rings. The van der Waals surface area contributed by atoms with Crippen LogP contribution in [0.25, 0.3) is 6.08 Å². The van der Waals surface area contributed by atoms with Crippen LogP contribution < -0.4 is 0 Å². The van der Waals surface area contributed by atoms with Crippen LogP contribution in [0.5, 0.6) is 0 Å². The molecule has 2 atom stereocenters. The standard InChI is InChI=1S/C25H32GeSi/c1-17-15-19-11-8-9-12-20(19)23(17)25(26(3,4)5)14-10-13-21-22(25)16-18(2)24(21)27(6)7/h8-16,23,27H,1-7H3/t23-,25?/m1/s1. The average Bonchev–Trinajstić information content (AvgIpc) is 3.09. The van der Waals surface area contributed by atoms with Gasteiger partial charge in [-0.25, -0.2) is 0 Å². The molecule has 4 rings (SSSR count). The zero-order chi connectivity index (χ0) is 19.6. The maximum atomic E-state index is 2.61. The van der Waals surface area contributed by atoms with Crippen molar-refractivity contribution in [2.75, 3.05) is 0 Å². The van der Waals surface area contributed by atoms with E-state index in [9.17, 15) is 0 Å². The molecule has 0 bridgehead atoms. The molecule has 2 heteroatoms. The topological polar surface area (TPSA) is 0 Å². The van der Waals surface area contributed by atoms with Gasteiger partial charge in [0.15, 0.2) is 0 Å². The monoisotopic (exact) mass is 434 g/mol. The van der Waals surface area contributed by atoms with Crippen molar-refractivity contribution in [1.29, 1.82) is 0 Å². The Balaban J connectivity index is 1.97.